The molecule has 9 heteroatoms. The molecule has 1 aliphatic carbocycles. The summed E-state index contributed by atoms with van der Waals surface area (Å²) >= 11 is 0. The number of carbonyl (C=O) groups is 2. The summed E-state index contributed by atoms with van der Waals surface area (Å²) in [5, 5.41) is 2.97. The number of benzene rings is 3. The Bertz CT molecular complexity index is 1570. The minimum Gasteiger partial charge on any atom is -0.493 e. The molecule has 0 spiro atoms. The number of fused-ring (bicyclic) bond motifs is 1. The van der Waals surface area contributed by atoms with Gasteiger partial charge < -0.3 is 29.3 Å². The van der Waals surface area contributed by atoms with Crippen LogP contribution in [0, 0.1) is 5.82 Å². The Morgan fingerprint density at radius 3 is 2.27 bits per heavy atom. The van der Waals surface area contributed by atoms with Crippen LogP contribution in [-0.4, -0.2) is 75.7 Å². The number of piperazine rings is 1. The highest BCUT2D eigenvalue weighted by Gasteiger charge is 2.27. The molecule has 0 atom stereocenters. The van der Waals surface area contributed by atoms with E-state index in [1.807, 2.05) is 62.5 Å². The zero-order valence-corrected chi connectivity index (χ0v) is 25.6. The van der Waals surface area contributed by atoms with Crippen molar-refractivity contribution in [1.29, 1.82) is 0 Å². The van der Waals surface area contributed by atoms with Crippen LogP contribution < -0.4 is 19.5 Å². The molecular formula is C35H38FN3O5. The van der Waals surface area contributed by atoms with E-state index in [1.165, 1.54) is 26.4 Å². The third-order valence-corrected chi connectivity index (χ3v) is 8.11. The lowest BCUT2D eigenvalue weighted by molar-refractivity contribution is -0.135. The van der Waals surface area contributed by atoms with Crippen molar-refractivity contribution in [2.75, 3.05) is 54.1 Å². The van der Waals surface area contributed by atoms with E-state index in [1.54, 1.807) is 11.0 Å². The maximum Gasteiger partial charge on any atom is 0.260 e. The van der Waals surface area contributed by atoms with E-state index in [-0.39, 0.29) is 30.7 Å². The molecule has 1 fully saturated rings. The molecule has 0 radical (unpaired) electrons. The quantitative estimate of drug-likeness (QED) is 0.352. The second kappa shape index (κ2) is 13.8. The fraction of sp³-hybridized carbons (Fsp3) is 0.314. The van der Waals surface area contributed by atoms with Crippen molar-refractivity contribution < 1.29 is 28.2 Å². The number of methoxy groups -OCH3 is 2. The highest BCUT2D eigenvalue weighted by molar-refractivity contribution is 6.08. The molecule has 1 N–H and O–H groups in total. The van der Waals surface area contributed by atoms with E-state index in [0.29, 0.717) is 42.4 Å². The van der Waals surface area contributed by atoms with Crippen LogP contribution in [0.15, 0.2) is 66.2 Å². The first-order chi connectivity index (χ1) is 21.3. The third-order valence-electron chi connectivity index (χ3n) is 8.11. The van der Waals surface area contributed by atoms with Crippen LogP contribution in [0.2, 0.25) is 0 Å². The lowest BCUT2D eigenvalue weighted by atomic mass is 10.00. The lowest BCUT2D eigenvalue weighted by Gasteiger charge is -2.32. The van der Waals surface area contributed by atoms with Gasteiger partial charge >= 0.3 is 0 Å². The van der Waals surface area contributed by atoms with Crippen molar-refractivity contribution >= 4 is 29.0 Å². The van der Waals surface area contributed by atoms with Crippen LogP contribution in [-0.2, 0) is 16.1 Å². The van der Waals surface area contributed by atoms with Gasteiger partial charge in [-0.2, -0.15) is 0 Å². The summed E-state index contributed by atoms with van der Waals surface area (Å²) in [7, 11) is 5.10. The summed E-state index contributed by atoms with van der Waals surface area (Å²) in [6.45, 7) is 5.20. The molecule has 0 bridgehead atoms. The number of hydrogen-bond acceptors (Lipinski definition) is 6. The second-order valence-electron chi connectivity index (χ2n) is 11.0. The number of carbonyl (C=O) groups excluding carboxylic acids is 2. The molecule has 3 aromatic rings. The molecular weight excluding hydrogens is 561 g/mol. The zero-order valence-electron chi connectivity index (χ0n) is 25.6. The average molecular weight is 600 g/mol. The Labute approximate surface area is 257 Å². The Morgan fingerprint density at radius 1 is 0.932 bits per heavy atom. The highest BCUT2D eigenvalue weighted by atomic mass is 19.1. The molecule has 0 saturated carbocycles. The number of ether oxygens (including phenoxy) is 3. The first-order valence-electron chi connectivity index (χ1n) is 14.6. The van der Waals surface area contributed by atoms with Crippen LogP contribution in [0.1, 0.15) is 35.6 Å². The maximum absolute atomic E-state index is 14.4. The molecule has 44 heavy (non-hydrogen) atoms. The summed E-state index contributed by atoms with van der Waals surface area (Å²) in [6, 6.07) is 18.0. The molecule has 2 aliphatic rings. The van der Waals surface area contributed by atoms with Gasteiger partial charge in [-0.25, -0.2) is 4.39 Å². The zero-order chi connectivity index (χ0) is 31.2. The fourth-order valence-corrected chi connectivity index (χ4v) is 5.57. The van der Waals surface area contributed by atoms with Gasteiger partial charge in [-0.05, 0) is 83.3 Å². The van der Waals surface area contributed by atoms with Gasteiger partial charge in [0, 0.05) is 32.7 Å². The van der Waals surface area contributed by atoms with Crippen LogP contribution in [0.5, 0.6) is 17.2 Å². The first kappa shape index (κ1) is 30.8. The van der Waals surface area contributed by atoms with E-state index in [9.17, 15) is 14.0 Å². The minimum absolute atomic E-state index is 0.0932. The summed E-state index contributed by atoms with van der Waals surface area (Å²) in [5.41, 5.74) is 5.83. The van der Waals surface area contributed by atoms with Gasteiger partial charge in [0.05, 0.1) is 20.6 Å². The van der Waals surface area contributed by atoms with E-state index < -0.39 is 0 Å². The smallest absolute Gasteiger partial charge is 0.260 e. The van der Waals surface area contributed by atoms with E-state index in [4.69, 9.17) is 14.2 Å². The number of amides is 2. The van der Waals surface area contributed by atoms with Crippen LogP contribution in [0.25, 0.3) is 17.2 Å². The summed E-state index contributed by atoms with van der Waals surface area (Å²) in [4.78, 5) is 29.8. The number of halogens is 1. The van der Waals surface area contributed by atoms with Crippen molar-refractivity contribution in [3.63, 3.8) is 0 Å². The number of nitrogens with zero attached hydrogens (tertiary/aromatic N) is 2. The molecule has 3 aromatic carbocycles. The predicted molar refractivity (Wildman–Crippen MR) is 169 cm³/mol. The number of rotatable bonds is 10. The Morgan fingerprint density at radius 2 is 1.61 bits per heavy atom. The third kappa shape index (κ3) is 6.94. The van der Waals surface area contributed by atoms with Crippen molar-refractivity contribution in [2.24, 2.45) is 0 Å². The summed E-state index contributed by atoms with van der Waals surface area (Å²) in [5.74, 6) is 0.580. The molecule has 1 saturated heterocycles. The standard InChI is InChI=1S/C35H38FN3O5/c1-23-28(27-11-10-26(36)19-30(27)29(23)20-33(40)37-21-24-8-6-5-7-9-24)16-25-17-31(42-3)35(32(18-25)43-4)44-22-34(41)39-14-12-38(2)13-15-39/h5-11,16-19H,12-15,20-22H2,1-4H3,(H,37,40). The summed E-state index contributed by atoms with van der Waals surface area (Å²) in [6.07, 6.45) is 2.08. The minimum atomic E-state index is -0.365. The van der Waals surface area contributed by atoms with Crippen LogP contribution in [0.3, 0.4) is 0 Å². The number of nitrogens with one attached hydrogen (secondary N) is 1. The average Bonchev–Trinajstić information content (AvgIpc) is 3.28. The molecule has 1 heterocycles. The summed E-state index contributed by atoms with van der Waals surface area (Å²) < 4.78 is 31.7. The Balaban J connectivity index is 1.39. The van der Waals surface area contributed by atoms with Crippen LogP contribution in [0.4, 0.5) is 4.39 Å². The second-order valence-corrected chi connectivity index (χ2v) is 11.0. The van der Waals surface area contributed by atoms with Crippen molar-refractivity contribution in [3.05, 3.63) is 94.3 Å². The molecule has 8 nitrogen and oxygen atoms in total. The number of likely N-dealkylation sites (N-methyl/N-ethyl adjacent to an activating group) is 1. The fourth-order valence-electron chi connectivity index (χ4n) is 5.57. The van der Waals surface area contributed by atoms with Crippen molar-refractivity contribution in [1.82, 2.24) is 15.1 Å². The van der Waals surface area contributed by atoms with E-state index in [2.05, 4.69) is 10.2 Å². The first-order valence-corrected chi connectivity index (χ1v) is 14.6. The van der Waals surface area contributed by atoms with E-state index >= 15 is 0 Å². The van der Waals surface area contributed by atoms with Gasteiger partial charge in [0.2, 0.25) is 11.7 Å². The topological polar surface area (TPSA) is 80.3 Å². The van der Waals surface area contributed by atoms with Crippen molar-refractivity contribution in [2.45, 2.75) is 19.9 Å². The predicted octanol–water partition coefficient (Wildman–Crippen LogP) is 5.03. The van der Waals surface area contributed by atoms with Gasteiger partial charge in [-0.1, -0.05) is 36.4 Å². The van der Waals surface area contributed by atoms with Gasteiger partial charge in [-0.3, -0.25) is 9.59 Å². The van der Waals surface area contributed by atoms with Gasteiger partial charge in [-0.15, -0.1) is 0 Å². The highest BCUT2D eigenvalue weighted by Crippen LogP contribution is 2.45. The monoisotopic (exact) mass is 599 g/mol. The van der Waals surface area contributed by atoms with E-state index in [0.717, 1.165) is 46.5 Å². The van der Waals surface area contributed by atoms with Gasteiger partial charge in [0.25, 0.3) is 5.91 Å². The Kier molecular flexibility index (Phi) is 9.65. The Hall–Kier alpha value is -4.63. The molecule has 0 aromatic heterocycles. The SMILES string of the molecule is COc1cc(C=C2C(C)=C(CC(=O)NCc3ccccc3)c3cc(F)ccc32)cc(OC)c1OCC(=O)N1CCN(C)CC1. The van der Waals surface area contributed by atoms with Gasteiger partial charge in [0.15, 0.2) is 18.1 Å². The lowest BCUT2D eigenvalue weighted by Crippen LogP contribution is -2.48. The molecule has 0 unspecified atom stereocenters. The molecule has 2 amide bonds. The number of hydrogen-bond donors (Lipinski definition) is 1. The largest absolute Gasteiger partial charge is 0.493 e. The molecule has 230 valence electrons. The van der Waals surface area contributed by atoms with Gasteiger partial charge in [0.1, 0.15) is 5.82 Å². The molecule has 1 aliphatic heterocycles. The van der Waals surface area contributed by atoms with Crippen LogP contribution >= 0.6 is 0 Å². The molecule has 5 rings (SSSR count). The van der Waals surface area contributed by atoms with Crippen molar-refractivity contribution in [3.8, 4) is 17.2 Å². The maximum atomic E-state index is 14.4. The number of allylic oxidation sites excluding steroid dienone is 2. The normalized spacial score (nSPS) is 15.8.